The van der Waals surface area contributed by atoms with E-state index in [0.29, 0.717) is 0 Å². The third-order valence-corrected chi connectivity index (χ3v) is 4.62. The molecular weight excluding hydrogens is 292 g/mol. The van der Waals surface area contributed by atoms with Crippen LogP contribution in [0.5, 0.6) is 0 Å². The Morgan fingerprint density at radius 2 is 1.59 bits per heavy atom. The van der Waals surface area contributed by atoms with Gasteiger partial charge in [0.05, 0.1) is 0 Å². The van der Waals surface area contributed by atoms with Crippen LogP contribution in [0.1, 0.15) is 11.1 Å². The number of hydrogen-bond acceptors (Lipinski definition) is 1. The van der Waals surface area contributed by atoms with Gasteiger partial charge in [-0.2, -0.15) is 0 Å². The average Bonchev–Trinajstić information content (AvgIpc) is 2.54. The third-order valence-electron chi connectivity index (χ3n) is 2.85. The fourth-order valence-corrected chi connectivity index (χ4v) is 3.56. The second-order valence-electron chi connectivity index (χ2n) is 3.94. The SMILES string of the molecule is BrCC1=Cc2ccccc2Sc2ccccc21. The minimum Gasteiger partial charge on any atom is -0.0888 e. The second kappa shape index (κ2) is 4.71. The first kappa shape index (κ1) is 11.1. The Balaban J connectivity index is 2.24. The molecule has 17 heavy (non-hydrogen) atoms. The van der Waals surface area contributed by atoms with E-state index in [1.54, 1.807) is 0 Å². The van der Waals surface area contributed by atoms with Crippen molar-refractivity contribution in [2.75, 3.05) is 5.33 Å². The van der Waals surface area contributed by atoms with Crippen molar-refractivity contribution in [2.24, 2.45) is 0 Å². The lowest BCUT2D eigenvalue weighted by Crippen LogP contribution is -1.86. The Kier molecular flexibility index (Phi) is 3.08. The molecule has 84 valence electrons. The number of benzene rings is 2. The number of hydrogen-bond donors (Lipinski definition) is 0. The Bertz CT molecular complexity index is 587. The standard InChI is InChI=1S/C15H11BrS/c16-10-12-9-11-5-1-3-7-14(11)17-15-8-4-2-6-13(12)15/h1-9H,10H2. The highest BCUT2D eigenvalue weighted by Crippen LogP contribution is 2.40. The minimum atomic E-state index is 0.888. The van der Waals surface area contributed by atoms with E-state index in [0.717, 1.165) is 5.33 Å². The molecule has 1 aliphatic rings. The Hall–Kier alpha value is -0.990. The third kappa shape index (κ3) is 2.07. The largest absolute Gasteiger partial charge is 0.0888 e. The van der Waals surface area contributed by atoms with Crippen LogP contribution in [-0.4, -0.2) is 5.33 Å². The number of alkyl halides is 1. The molecule has 0 unspecified atom stereocenters. The highest BCUT2D eigenvalue weighted by Gasteiger charge is 2.13. The fraction of sp³-hybridized carbons (Fsp3) is 0.0667. The van der Waals surface area contributed by atoms with E-state index in [9.17, 15) is 0 Å². The molecule has 0 aromatic heterocycles. The van der Waals surface area contributed by atoms with Crippen molar-refractivity contribution in [1.29, 1.82) is 0 Å². The van der Waals surface area contributed by atoms with Crippen LogP contribution in [0.3, 0.4) is 0 Å². The minimum absolute atomic E-state index is 0.888. The monoisotopic (exact) mass is 302 g/mol. The van der Waals surface area contributed by atoms with Crippen LogP contribution >= 0.6 is 27.7 Å². The molecule has 0 aliphatic carbocycles. The molecule has 0 amide bonds. The molecule has 0 radical (unpaired) electrons. The zero-order valence-corrected chi connectivity index (χ0v) is 11.6. The van der Waals surface area contributed by atoms with E-state index < -0.39 is 0 Å². The van der Waals surface area contributed by atoms with Gasteiger partial charge in [0.1, 0.15) is 0 Å². The van der Waals surface area contributed by atoms with Gasteiger partial charge in [-0.3, -0.25) is 0 Å². The molecule has 2 aromatic rings. The van der Waals surface area contributed by atoms with Crippen LogP contribution in [0.4, 0.5) is 0 Å². The quantitative estimate of drug-likeness (QED) is 0.661. The first-order chi connectivity index (χ1) is 8.38. The van der Waals surface area contributed by atoms with Crippen molar-refractivity contribution in [3.63, 3.8) is 0 Å². The molecule has 0 atom stereocenters. The molecule has 1 heterocycles. The molecule has 3 rings (SSSR count). The van der Waals surface area contributed by atoms with E-state index in [4.69, 9.17) is 0 Å². The van der Waals surface area contributed by atoms with Gasteiger partial charge in [0, 0.05) is 15.1 Å². The van der Waals surface area contributed by atoms with Gasteiger partial charge in [0.15, 0.2) is 0 Å². The van der Waals surface area contributed by atoms with Crippen molar-refractivity contribution >= 4 is 39.3 Å². The molecule has 0 nitrogen and oxygen atoms in total. The molecule has 0 N–H and O–H groups in total. The van der Waals surface area contributed by atoms with E-state index in [2.05, 4.69) is 70.5 Å². The first-order valence-corrected chi connectivity index (χ1v) is 7.45. The predicted molar refractivity (Wildman–Crippen MR) is 78.7 cm³/mol. The maximum absolute atomic E-state index is 3.59. The number of halogens is 1. The molecule has 0 saturated carbocycles. The molecule has 2 heteroatoms. The van der Waals surface area contributed by atoms with Gasteiger partial charge < -0.3 is 0 Å². The zero-order valence-electron chi connectivity index (χ0n) is 9.19. The molecular formula is C15H11BrS. The second-order valence-corrected chi connectivity index (χ2v) is 5.58. The molecule has 0 saturated heterocycles. The van der Waals surface area contributed by atoms with Gasteiger partial charge >= 0.3 is 0 Å². The summed E-state index contributed by atoms with van der Waals surface area (Å²) < 4.78 is 0. The van der Waals surface area contributed by atoms with E-state index in [1.165, 1.54) is 26.5 Å². The molecule has 0 bridgehead atoms. The average molecular weight is 303 g/mol. The summed E-state index contributed by atoms with van der Waals surface area (Å²) in [5, 5.41) is 0.888. The lowest BCUT2D eigenvalue weighted by atomic mass is 10.0. The number of fused-ring (bicyclic) bond motifs is 2. The van der Waals surface area contributed by atoms with E-state index in [1.807, 2.05) is 11.8 Å². The molecule has 0 fully saturated rings. The van der Waals surface area contributed by atoms with Crippen molar-refractivity contribution in [2.45, 2.75) is 9.79 Å². The molecule has 1 aliphatic heterocycles. The highest BCUT2D eigenvalue weighted by molar-refractivity contribution is 9.09. The lowest BCUT2D eigenvalue weighted by molar-refractivity contribution is 1.38. The zero-order chi connectivity index (χ0) is 11.7. The van der Waals surface area contributed by atoms with Crippen LogP contribution in [-0.2, 0) is 0 Å². The summed E-state index contributed by atoms with van der Waals surface area (Å²) in [6.45, 7) is 0. The fourth-order valence-electron chi connectivity index (χ4n) is 2.01. The van der Waals surface area contributed by atoms with Gasteiger partial charge in [-0.05, 0) is 34.9 Å². The smallest absolute Gasteiger partial charge is 0.0289 e. The van der Waals surface area contributed by atoms with E-state index >= 15 is 0 Å². The van der Waals surface area contributed by atoms with Crippen molar-refractivity contribution in [3.8, 4) is 0 Å². The lowest BCUT2D eigenvalue weighted by Gasteiger charge is -2.07. The van der Waals surface area contributed by atoms with Crippen LogP contribution in [0, 0.1) is 0 Å². The van der Waals surface area contributed by atoms with E-state index in [-0.39, 0.29) is 0 Å². The molecule has 2 aromatic carbocycles. The van der Waals surface area contributed by atoms with Crippen molar-refractivity contribution in [3.05, 3.63) is 59.7 Å². The highest BCUT2D eigenvalue weighted by atomic mass is 79.9. The normalized spacial score (nSPS) is 13.4. The molecule has 0 spiro atoms. The van der Waals surface area contributed by atoms with Gasteiger partial charge in [-0.15, -0.1) is 0 Å². The topological polar surface area (TPSA) is 0 Å². The predicted octanol–water partition coefficient (Wildman–Crippen LogP) is 5.09. The summed E-state index contributed by atoms with van der Waals surface area (Å²) >= 11 is 5.44. The Morgan fingerprint density at radius 3 is 2.41 bits per heavy atom. The van der Waals surface area contributed by atoms with Crippen LogP contribution in [0.2, 0.25) is 0 Å². The van der Waals surface area contributed by atoms with Crippen LogP contribution < -0.4 is 0 Å². The summed E-state index contributed by atoms with van der Waals surface area (Å²) in [5.74, 6) is 0. The summed E-state index contributed by atoms with van der Waals surface area (Å²) in [6, 6.07) is 17.2. The van der Waals surface area contributed by atoms with Crippen molar-refractivity contribution in [1.82, 2.24) is 0 Å². The van der Waals surface area contributed by atoms with Gasteiger partial charge in [0.25, 0.3) is 0 Å². The van der Waals surface area contributed by atoms with Gasteiger partial charge in [0.2, 0.25) is 0 Å². The van der Waals surface area contributed by atoms with Gasteiger partial charge in [-0.1, -0.05) is 64.1 Å². The maximum Gasteiger partial charge on any atom is 0.0289 e. The summed E-state index contributed by atoms with van der Waals surface area (Å²) in [5.41, 5.74) is 3.99. The summed E-state index contributed by atoms with van der Waals surface area (Å²) in [7, 11) is 0. The van der Waals surface area contributed by atoms with Crippen LogP contribution in [0.25, 0.3) is 11.6 Å². The first-order valence-electron chi connectivity index (χ1n) is 5.51. The number of rotatable bonds is 1. The number of allylic oxidation sites excluding steroid dienone is 1. The Labute approximate surface area is 114 Å². The summed E-state index contributed by atoms with van der Waals surface area (Å²) in [6.07, 6.45) is 2.28. The van der Waals surface area contributed by atoms with Gasteiger partial charge in [-0.25, -0.2) is 0 Å². The van der Waals surface area contributed by atoms with Crippen molar-refractivity contribution < 1.29 is 0 Å². The van der Waals surface area contributed by atoms with Crippen LogP contribution in [0.15, 0.2) is 58.3 Å². The Morgan fingerprint density at radius 1 is 0.882 bits per heavy atom. The summed E-state index contributed by atoms with van der Waals surface area (Å²) in [4.78, 5) is 2.67. The maximum atomic E-state index is 3.59.